The number of phenols is 1. The SMILES string of the molecule is CN(CC(C)(C)O)S(=O)(=O)c1ccc(O)c(N)c1. The van der Waals surface area contributed by atoms with Crippen LogP contribution in [0.15, 0.2) is 23.1 Å². The molecule has 0 saturated heterocycles. The van der Waals surface area contributed by atoms with Crippen LogP contribution in [0, 0.1) is 0 Å². The molecule has 0 aliphatic rings. The van der Waals surface area contributed by atoms with E-state index in [1.807, 2.05) is 0 Å². The summed E-state index contributed by atoms with van der Waals surface area (Å²) >= 11 is 0. The van der Waals surface area contributed by atoms with Crippen LogP contribution in [0.25, 0.3) is 0 Å². The predicted molar refractivity (Wildman–Crippen MR) is 68.6 cm³/mol. The van der Waals surface area contributed by atoms with Crippen molar-refractivity contribution in [2.24, 2.45) is 0 Å². The minimum Gasteiger partial charge on any atom is -0.506 e. The maximum atomic E-state index is 12.2. The highest BCUT2D eigenvalue weighted by atomic mass is 32.2. The Kier molecular flexibility index (Phi) is 3.89. The van der Waals surface area contributed by atoms with Gasteiger partial charge in [-0.1, -0.05) is 0 Å². The van der Waals surface area contributed by atoms with Gasteiger partial charge in [-0.05, 0) is 32.0 Å². The van der Waals surface area contributed by atoms with Crippen molar-refractivity contribution in [3.05, 3.63) is 18.2 Å². The standard InChI is InChI=1S/C11H18N2O4S/c1-11(2,15)7-13(3)18(16,17)8-4-5-10(14)9(12)6-8/h4-6,14-15H,7,12H2,1-3H3. The molecule has 4 N–H and O–H groups in total. The molecule has 0 saturated carbocycles. The van der Waals surface area contributed by atoms with Gasteiger partial charge in [0.05, 0.1) is 16.2 Å². The van der Waals surface area contributed by atoms with E-state index in [1.54, 1.807) is 0 Å². The Hall–Kier alpha value is -1.31. The molecule has 0 unspecified atom stereocenters. The zero-order chi connectivity index (χ0) is 14.1. The van der Waals surface area contributed by atoms with Gasteiger partial charge in [0.25, 0.3) is 0 Å². The lowest BCUT2D eigenvalue weighted by molar-refractivity contribution is 0.0640. The summed E-state index contributed by atoms with van der Waals surface area (Å²) in [5.41, 5.74) is 4.32. The van der Waals surface area contributed by atoms with Crippen molar-refractivity contribution in [1.82, 2.24) is 4.31 Å². The molecule has 0 aromatic heterocycles. The third-order valence-electron chi connectivity index (χ3n) is 2.32. The number of anilines is 1. The van der Waals surface area contributed by atoms with E-state index in [9.17, 15) is 18.6 Å². The Labute approximate surface area is 107 Å². The van der Waals surface area contributed by atoms with E-state index < -0.39 is 15.6 Å². The number of benzene rings is 1. The highest BCUT2D eigenvalue weighted by molar-refractivity contribution is 7.89. The molecule has 0 radical (unpaired) electrons. The first-order valence-corrected chi connectivity index (χ1v) is 6.75. The normalized spacial score (nSPS) is 12.9. The highest BCUT2D eigenvalue weighted by Gasteiger charge is 2.26. The van der Waals surface area contributed by atoms with Crippen LogP contribution in [0.5, 0.6) is 5.75 Å². The lowest BCUT2D eigenvalue weighted by Gasteiger charge is -2.25. The monoisotopic (exact) mass is 274 g/mol. The van der Waals surface area contributed by atoms with E-state index >= 15 is 0 Å². The third kappa shape index (κ3) is 3.34. The molecular formula is C11H18N2O4S. The summed E-state index contributed by atoms with van der Waals surface area (Å²) in [5, 5.41) is 18.9. The maximum Gasteiger partial charge on any atom is 0.242 e. The average Bonchev–Trinajstić information content (AvgIpc) is 2.19. The molecule has 1 aromatic rings. The summed E-state index contributed by atoms with van der Waals surface area (Å²) in [6.45, 7) is 2.99. The Morgan fingerprint density at radius 2 is 1.94 bits per heavy atom. The number of nitrogens with two attached hydrogens (primary N) is 1. The summed E-state index contributed by atoms with van der Waals surface area (Å²) in [4.78, 5) is -0.0236. The molecule has 0 aliphatic heterocycles. The van der Waals surface area contributed by atoms with Gasteiger partial charge in [0.2, 0.25) is 10.0 Å². The fourth-order valence-electron chi connectivity index (χ4n) is 1.50. The molecule has 102 valence electrons. The quantitative estimate of drug-likeness (QED) is 0.543. The van der Waals surface area contributed by atoms with Gasteiger partial charge in [-0.3, -0.25) is 0 Å². The molecule has 18 heavy (non-hydrogen) atoms. The molecule has 0 spiro atoms. The van der Waals surface area contributed by atoms with Crippen molar-refractivity contribution >= 4 is 15.7 Å². The van der Waals surface area contributed by atoms with E-state index in [4.69, 9.17) is 5.73 Å². The summed E-state index contributed by atoms with van der Waals surface area (Å²) in [6, 6.07) is 3.67. The molecule has 0 fully saturated rings. The molecule has 1 aromatic carbocycles. The summed E-state index contributed by atoms with van der Waals surface area (Å²) in [6.07, 6.45) is 0. The lowest BCUT2D eigenvalue weighted by Crippen LogP contribution is -2.39. The minimum atomic E-state index is -3.73. The number of sulfonamides is 1. The van der Waals surface area contributed by atoms with Crippen molar-refractivity contribution in [3.8, 4) is 5.75 Å². The topological polar surface area (TPSA) is 104 Å². The van der Waals surface area contributed by atoms with E-state index in [0.29, 0.717) is 0 Å². The smallest absolute Gasteiger partial charge is 0.242 e. The number of nitrogens with zero attached hydrogens (tertiary/aromatic N) is 1. The first-order valence-electron chi connectivity index (χ1n) is 5.31. The van der Waals surface area contributed by atoms with Crippen molar-refractivity contribution in [2.75, 3.05) is 19.3 Å². The number of hydrogen-bond donors (Lipinski definition) is 3. The van der Waals surface area contributed by atoms with Gasteiger partial charge in [-0.15, -0.1) is 0 Å². The Bertz CT molecular complexity index is 534. The van der Waals surface area contributed by atoms with E-state index in [0.717, 1.165) is 4.31 Å². The van der Waals surface area contributed by atoms with Crippen molar-refractivity contribution in [2.45, 2.75) is 24.3 Å². The van der Waals surface area contributed by atoms with Gasteiger partial charge >= 0.3 is 0 Å². The number of likely N-dealkylation sites (N-methyl/N-ethyl adjacent to an activating group) is 1. The Morgan fingerprint density at radius 1 is 1.39 bits per heavy atom. The average molecular weight is 274 g/mol. The fourth-order valence-corrected chi connectivity index (χ4v) is 2.86. The minimum absolute atomic E-state index is 0.00673. The number of aliphatic hydroxyl groups is 1. The molecule has 0 heterocycles. The van der Waals surface area contributed by atoms with E-state index in [-0.39, 0.29) is 22.9 Å². The zero-order valence-corrected chi connectivity index (χ0v) is 11.4. The van der Waals surface area contributed by atoms with Crippen LogP contribution < -0.4 is 5.73 Å². The first-order chi connectivity index (χ1) is 8.04. The molecule has 0 bridgehead atoms. The zero-order valence-electron chi connectivity index (χ0n) is 10.6. The molecule has 7 heteroatoms. The Balaban J connectivity index is 3.10. The largest absolute Gasteiger partial charge is 0.506 e. The van der Waals surface area contributed by atoms with E-state index in [2.05, 4.69) is 0 Å². The summed E-state index contributed by atoms with van der Waals surface area (Å²) < 4.78 is 25.3. The number of aromatic hydroxyl groups is 1. The van der Waals surface area contributed by atoms with Gasteiger partial charge in [0.1, 0.15) is 5.75 Å². The van der Waals surface area contributed by atoms with Gasteiger partial charge < -0.3 is 15.9 Å². The molecular weight excluding hydrogens is 256 g/mol. The fraction of sp³-hybridized carbons (Fsp3) is 0.455. The predicted octanol–water partition coefficient (Wildman–Crippen LogP) is 0.366. The van der Waals surface area contributed by atoms with Gasteiger partial charge in [-0.2, -0.15) is 4.31 Å². The number of rotatable bonds is 4. The number of nitrogen functional groups attached to an aromatic ring is 1. The third-order valence-corrected chi connectivity index (χ3v) is 4.12. The first kappa shape index (κ1) is 14.7. The molecule has 0 aliphatic carbocycles. The summed E-state index contributed by atoms with van der Waals surface area (Å²) in [7, 11) is -2.36. The Morgan fingerprint density at radius 3 is 2.39 bits per heavy atom. The second-order valence-electron chi connectivity index (χ2n) is 4.79. The lowest BCUT2D eigenvalue weighted by atomic mass is 10.1. The van der Waals surface area contributed by atoms with Crippen molar-refractivity contribution in [3.63, 3.8) is 0 Å². The highest BCUT2D eigenvalue weighted by Crippen LogP contribution is 2.25. The second kappa shape index (κ2) is 4.75. The maximum absolute atomic E-state index is 12.2. The van der Waals surface area contributed by atoms with Crippen LogP contribution in [0.4, 0.5) is 5.69 Å². The molecule has 1 rings (SSSR count). The second-order valence-corrected chi connectivity index (χ2v) is 6.84. The molecule has 0 amide bonds. The number of phenolic OH excluding ortho intramolecular Hbond substituents is 1. The van der Waals surface area contributed by atoms with Gasteiger partial charge in [0, 0.05) is 13.6 Å². The summed E-state index contributed by atoms with van der Waals surface area (Å²) in [5.74, 6) is -0.168. The van der Waals surface area contributed by atoms with Crippen LogP contribution in [-0.2, 0) is 10.0 Å². The molecule has 0 atom stereocenters. The van der Waals surface area contributed by atoms with E-state index in [1.165, 1.54) is 39.1 Å². The van der Waals surface area contributed by atoms with Gasteiger partial charge in [0.15, 0.2) is 0 Å². The molecule has 6 nitrogen and oxygen atoms in total. The van der Waals surface area contributed by atoms with Crippen LogP contribution in [0.3, 0.4) is 0 Å². The number of hydrogen-bond acceptors (Lipinski definition) is 5. The van der Waals surface area contributed by atoms with Crippen LogP contribution in [0.1, 0.15) is 13.8 Å². The van der Waals surface area contributed by atoms with Crippen LogP contribution in [-0.4, -0.2) is 42.1 Å². The van der Waals surface area contributed by atoms with Crippen LogP contribution in [0.2, 0.25) is 0 Å². The van der Waals surface area contributed by atoms with Crippen molar-refractivity contribution in [1.29, 1.82) is 0 Å². The van der Waals surface area contributed by atoms with Crippen molar-refractivity contribution < 1.29 is 18.6 Å². The van der Waals surface area contributed by atoms with Gasteiger partial charge in [-0.25, -0.2) is 8.42 Å². The van der Waals surface area contributed by atoms with Crippen LogP contribution >= 0.6 is 0 Å².